The summed E-state index contributed by atoms with van der Waals surface area (Å²) in [6.07, 6.45) is 15.1. The van der Waals surface area contributed by atoms with Gasteiger partial charge in [-0.1, -0.05) is 36.6 Å². The molecule has 0 aliphatic heterocycles. The summed E-state index contributed by atoms with van der Waals surface area (Å²) in [5.41, 5.74) is 0.796. The second-order valence-electron chi connectivity index (χ2n) is 13.3. The summed E-state index contributed by atoms with van der Waals surface area (Å²) < 4.78 is 4.79. The number of nitrogens with zero attached hydrogens (tertiary/aromatic N) is 2. The van der Waals surface area contributed by atoms with Gasteiger partial charge in [0.15, 0.2) is 12.4 Å². The highest BCUT2D eigenvalue weighted by Crippen LogP contribution is 2.67. The molecule has 1 aromatic rings. The van der Waals surface area contributed by atoms with Gasteiger partial charge in [0.1, 0.15) is 11.6 Å². The first-order valence-electron chi connectivity index (χ1n) is 15.3. The number of hydrogen-bond donors (Lipinski definition) is 3. The number of aromatic hydroxyl groups is 1. The predicted octanol–water partition coefficient (Wildman–Crippen LogP) is 4.20. The molecule has 5 rings (SSSR count). The maximum atomic E-state index is 12.6. The van der Waals surface area contributed by atoms with Gasteiger partial charge in [-0.2, -0.15) is 0 Å². The molecular formula is C33H41N3O8. The lowest BCUT2D eigenvalue weighted by atomic mass is 9.46. The van der Waals surface area contributed by atoms with Crippen LogP contribution in [0.4, 0.5) is 5.69 Å². The van der Waals surface area contributed by atoms with Crippen LogP contribution in [0.15, 0.2) is 35.0 Å². The largest absolute Gasteiger partial charge is 0.502 e. The summed E-state index contributed by atoms with van der Waals surface area (Å²) in [6, 6.07) is 2.63. The zero-order chi connectivity index (χ0) is 31.9. The topological polar surface area (TPSA) is 161 Å². The lowest BCUT2D eigenvalue weighted by Crippen LogP contribution is -2.54. The van der Waals surface area contributed by atoms with Crippen molar-refractivity contribution in [3.8, 4) is 18.1 Å². The van der Waals surface area contributed by atoms with Crippen molar-refractivity contribution >= 4 is 23.3 Å². The van der Waals surface area contributed by atoms with Crippen molar-refractivity contribution in [1.82, 2.24) is 5.32 Å². The van der Waals surface area contributed by atoms with Crippen LogP contribution in [0.5, 0.6) is 5.75 Å². The number of rotatable bonds is 8. The molecule has 3 fully saturated rings. The fourth-order valence-electron chi connectivity index (χ4n) is 8.72. The van der Waals surface area contributed by atoms with Gasteiger partial charge in [0.2, 0.25) is 0 Å². The number of phenols is 1. The predicted molar refractivity (Wildman–Crippen MR) is 161 cm³/mol. The Morgan fingerprint density at radius 2 is 1.95 bits per heavy atom. The SMILES string of the molecule is C#C[C@@]1(O)CCC2C3CCC4=C/C(=N\OCC(=O)NC(Cc5ccc(O)c([N+](=O)[O-])c5)C(=O)OC)CC[C@]4(C)C3CC[C@@]21C. The highest BCUT2D eigenvalue weighted by Gasteiger charge is 2.63. The number of carbonyl (C=O) groups is 2. The van der Waals surface area contributed by atoms with Crippen LogP contribution >= 0.6 is 0 Å². The lowest BCUT2D eigenvalue weighted by Gasteiger charge is -2.58. The molecule has 236 valence electrons. The Labute approximate surface area is 257 Å². The number of fused-ring (bicyclic) bond motifs is 5. The molecule has 44 heavy (non-hydrogen) atoms. The molecule has 11 nitrogen and oxygen atoms in total. The molecule has 3 saturated carbocycles. The number of allylic oxidation sites excluding steroid dienone is 2. The number of benzene rings is 1. The second-order valence-corrected chi connectivity index (χ2v) is 13.3. The molecule has 0 saturated heterocycles. The van der Waals surface area contributed by atoms with Crippen molar-refractivity contribution < 1.29 is 34.3 Å². The minimum Gasteiger partial charge on any atom is -0.502 e. The van der Waals surface area contributed by atoms with Gasteiger partial charge in [-0.25, -0.2) is 4.79 Å². The van der Waals surface area contributed by atoms with E-state index in [0.29, 0.717) is 36.2 Å². The number of nitrogens with one attached hydrogen (secondary N) is 1. The molecule has 1 aromatic carbocycles. The summed E-state index contributed by atoms with van der Waals surface area (Å²) in [4.78, 5) is 40.8. The van der Waals surface area contributed by atoms with Crippen molar-refractivity contribution in [2.24, 2.45) is 33.7 Å². The van der Waals surface area contributed by atoms with E-state index < -0.39 is 46.5 Å². The first-order valence-corrected chi connectivity index (χ1v) is 15.3. The molecule has 1 amide bonds. The summed E-state index contributed by atoms with van der Waals surface area (Å²) in [5, 5.41) is 38.9. The van der Waals surface area contributed by atoms with Crippen LogP contribution in [0, 0.1) is 51.0 Å². The summed E-state index contributed by atoms with van der Waals surface area (Å²) in [5.74, 6) is 2.41. The Balaban J connectivity index is 1.20. The van der Waals surface area contributed by atoms with Crippen molar-refractivity contribution in [3.05, 3.63) is 45.5 Å². The van der Waals surface area contributed by atoms with Crippen molar-refractivity contribution in [2.45, 2.75) is 83.3 Å². The number of amides is 1. The monoisotopic (exact) mass is 607 g/mol. The van der Waals surface area contributed by atoms with Crippen LogP contribution in [0.1, 0.15) is 70.8 Å². The van der Waals surface area contributed by atoms with E-state index in [9.17, 15) is 29.9 Å². The summed E-state index contributed by atoms with van der Waals surface area (Å²) in [7, 11) is 1.18. The highest BCUT2D eigenvalue weighted by atomic mass is 16.6. The number of esters is 1. The lowest BCUT2D eigenvalue weighted by molar-refractivity contribution is -0.385. The van der Waals surface area contributed by atoms with Crippen LogP contribution in [0.25, 0.3) is 0 Å². The second kappa shape index (κ2) is 11.9. The Bertz CT molecular complexity index is 1450. The zero-order valence-electron chi connectivity index (χ0n) is 25.5. The average molecular weight is 608 g/mol. The number of aliphatic hydroxyl groups is 1. The third kappa shape index (κ3) is 5.45. The quantitative estimate of drug-likeness (QED) is 0.172. The van der Waals surface area contributed by atoms with Gasteiger partial charge in [0, 0.05) is 17.9 Å². The number of nitro benzene ring substituents is 1. The normalized spacial score (nSPS) is 33.9. The molecule has 0 bridgehead atoms. The molecule has 0 radical (unpaired) electrons. The van der Waals surface area contributed by atoms with Crippen LogP contribution in [0.2, 0.25) is 0 Å². The number of methoxy groups -OCH3 is 1. The van der Waals surface area contributed by atoms with E-state index in [1.807, 2.05) is 0 Å². The van der Waals surface area contributed by atoms with Gasteiger partial charge >= 0.3 is 11.7 Å². The summed E-state index contributed by atoms with van der Waals surface area (Å²) >= 11 is 0. The van der Waals surface area contributed by atoms with Gasteiger partial charge in [-0.15, -0.1) is 6.42 Å². The van der Waals surface area contributed by atoms with E-state index in [4.69, 9.17) is 16.0 Å². The first-order chi connectivity index (χ1) is 20.8. The van der Waals surface area contributed by atoms with Crippen molar-refractivity contribution in [3.63, 3.8) is 0 Å². The van der Waals surface area contributed by atoms with Crippen molar-refractivity contribution in [1.29, 1.82) is 0 Å². The van der Waals surface area contributed by atoms with E-state index in [2.05, 4.69) is 36.3 Å². The van der Waals surface area contributed by atoms with Gasteiger partial charge in [0.25, 0.3) is 5.91 Å². The number of carbonyl (C=O) groups excluding carboxylic acids is 2. The third-order valence-corrected chi connectivity index (χ3v) is 11.2. The van der Waals surface area contributed by atoms with Crippen LogP contribution < -0.4 is 5.32 Å². The minimum absolute atomic E-state index is 0.0501. The molecule has 3 N–H and O–H groups in total. The fraction of sp³-hybridized carbons (Fsp3) is 0.606. The number of phenolic OH excluding ortho intramolecular Hbond substituents is 1. The highest BCUT2D eigenvalue weighted by molar-refractivity contribution is 5.96. The smallest absolute Gasteiger partial charge is 0.328 e. The first kappa shape index (κ1) is 31.5. The van der Waals surface area contributed by atoms with Crippen LogP contribution in [0.3, 0.4) is 0 Å². The number of hydrogen-bond acceptors (Lipinski definition) is 9. The molecule has 0 spiro atoms. The number of ether oxygens (including phenoxy) is 1. The van der Waals surface area contributed by atoms with E-state index in [1.54, 1.807) is 0 Å². The van der Waals surface area contributed by atoms with Crippen molar-refractivity contribution in [2.75, 3.05) is 13.7 Å². The van der Waals surface area contributed by atoms with Gasteiger partial charge < -0.3 is 25.1 Å². The maximum Gasteiger partial charge on any atom is 0.328 e. The third-order valence-electron chi connectivity index (χ3n) is 11.2. The Kier molecular flexibility index (Phi) is 8.51. The maximum absolute atomic E-state index is 12.6. The molecule has 4 unspecified atom stereocenters. The standard InChI is InChI=1S/C33H41N3O8/c1-5-33(40)15-12-25-23-8-7-21-18-22(10-13-31(21,2)24(23)11-14-32(25,33)3)35-44-19-29(38)34-26(30(39)43-4)16-20-6-9-28(37)27(17-20)36(41)42/h1,6,9,17-18,23-26,37,40H,7-8,10-16,19H2,2-4H3,(H,34,38)/b35-22-/t23?,24?,25?,26?,31-,32-,33+/m0/s1. The molecule has 7 atom stereocenters. The Morgan fingerprint density at radius 3 is 2.66 bits per heavy atom. The van der Waals surface area contributed by atoms with Gasteiger partial charge in [-0.05, 0) is 92.2 Å². The van der Waals surface area contributed by atoms with Crippen LogP contribution in [-0.2, 0) is 25.6 Å². The molecule has 0 aromatic heterocycles. The summed E-state index contributed by atoms with van der Waals surface area (Å²) in [6.45, 7) is 4.14. The average Bonchev–Trinajstić information content (AvgIpc) is 3.27. The number of oxime groups is 1. The molecular weight excluding hydrogens is 566 g/mol. The molecule has 11 heteroatoms. The Morgan fingerprint density at radius 1 is 1.20 bits per heavy atom. The number of nitro groups is 1. The minimum atomic E-state index is -1.12. The Hall–Kier alpha value is -3.91. The number of terminal acetylenes is 1. The van der Waals surface area contributed by atoms with Gasteiger partial charge in [0.05, 0.1) is 17.7 Å². The van der Waals surface area contributed by atoms with E-state index in [-0.39, 0.29) is 17.3 Å². The van der Waals surface area contributed by atoms with E-state index >= 15 is 0 Å². The van der Waals surface area contributed by atoms with E-state index in [1.165, 1.54) is 18.7 Å². The van der Waals surface area contributed by atoms with Crippen LogP contribution in [-0.4, -0.2) is 58.1 Å². The molecule has 0 heterocycles. The zero-order valence-corrected chi connectivity index (χ0v) is 25.5. The molecule has 4 aliphatic carbocycles. The molecule has 4 aliphatic rings. The fourth-order valence-corrected chi connectivity index (χ4v) is 8.72. The van der Waals surface area contributed by atoms with Gasteiger partial charge in [-0.3, -0.25) is 14.9 Å². The van der Waals surface area contributed by atoms with E-state index in [0.717, 1.165) is 56.4 Å².